The van der Waals surface area contributed by atoms with Gasteiger partial charge in [-0.2, -0.15) is 4.98 Å². The number of carbonyl (C=O) groups excluding carboxylic acids is 2. The number of rotatable bonds is 6. The van der Waals surface area contributed by atoms with E-state index in [1.807, 2.05) is 17.0 Å². The maximum absolute atomic E-state index is 12.8. The van der Waals surface area contributed by atoms with E-state index in [1.54, 1.807) is 12.1 Å². The average Bonchev–Trinajstić information content (AvgIpc) is 3.53. The first-order valence-corrected chi connectivity index (χ1v) is 12.9. The number of halogens is 2. The summed E-state index contributed by atoms with van der Waals surface area (Å²) in [5.41, 5.74) is 12.8. The number of nitrogens with one attached hydrogen (secondary N) is 1. The predicted molar refractivity (Wildman–Crippen MR) is 142 cm³/mol. The number of hydrogen-bond acceptors (Lipinski definition) is 10. The largest absolute Gasteiger partial charge is 0.383 e. The Morgan fingerprint density at radius 1 is 1.05 bits per heavy atom. The van der Waals surface area contributed by atoms with Crippen LogP contribution in [0.4, 0.5) is 11.6 Å². The minimum absolute atomic E-state index is 0.0209. The molecular weight excluding hydrogens is 531 g/mol. The Morgan fingerprint density at radius 3 is 2.53 bits per heavy atom. The highest BCUT2D eigenvalue weighted by atomic mass is 35.5. The fourth-order valence-corrected chi connectivity index (χ4v) is 5.05. The average molecular weight is 557 g/mol. The van der Waals surface area contributed by atoms with E-state index in [1.165, 1.54) is 6.08 Å². The SMILES string of the molecule is Nc1nc(N)c(C(=O)/C=C2\CCC3(CCN(C(=O)CCc4nc(-c5ccc(Cl)cc5)no4)CC3)N2)nc1Cl. The fourth-order valence-electron chi connectivity index (χ4n) is 4.80. The van der Waals surface area contributed by atoms with Crippen molar-refractivity contribution < 1.29 is 14.1 Å². The molecule has 2 aromatic heterocycles. The second-order valence-electron chi connectivity index (χ2n) is 9.47. The van der Waals surface area contributed by atoms with Gasteiger partial charge in [-0.1, -0.05) is 28.4 Å². The van der Waals surface area contributed by atoms with Crippen molar-refractivity contribution in [3.05, 3.63) is 57.8 Å². The molecule has 13 heteroatoms. The van der Waals surface area contributed by atoms with E-state index in [0.29, 0.717) is 42.7 Å². The first-order valence-electron chi connectivity index (χ1n) is 12.2. The first kappa shape index (κ1) is 25.9. The number of anilines is 2. The van der Waals surface area contributed by atoms with Gasteiger partial charge < -0.3 is 26.2 Å². The second kappa shape index (κ2) is 10.6. The molecule has 3 aromatic rings. The minimum atomic E-state index is -0.385. The summed E-state index contributed by atoms with van der Waals surface area (Å²) < 4.78 is 5.32. The van der Waals surface area contributed by atoms with E-state index in [-0.39, 0.29) is 46.1 Å². The van der Waals surface area contributed by atoms with Crippen LogP contribution in [-0.2, 0) is 11.2 Å². The number of ketones is 1. The number of aryl methyl sites for hydroxylation is 1. The number of carbonyl (C=O) groups is 2. The van der Waals surface area contributed by atoms with Gasteiger partial charge in [-0.15, -0.1) is 0 Å². The molecule has 0 bridgehead atoms. The zero-order valence-electron chi connectivity index (χ0n) is 20.4. The Balaban J connectivity index is 1.12. The molecule has 2 fully saturated rings. The highest BCUT2D eigenvalue weighted by Gasteiger charge is 2.39. The second-order valence-corrected chi connectivity index (χ2v) is 10.3. The van der Waals surface area contributed by atoms with Gasteiger partial charge in [0.05, 0.1) is 0 Å². The zero-order chi connectivity index (χ0) is 26.9. The summed E-state index contributed by atoms with van der Waals surface area (Å²) >= 11 is 11.8. The van der Waals surface area contributed by atoms with Gasteiger partial charge in [-0.3, -0.25) is 9.59 Å². The lowest BCUT2D eigenvalue weighted by molar-refractivity contribution is -0.132. The number of likely N-dealkylation sites (tertiary alicyclic amines) is 1. The van der Waals surface area contributed by atoms with Crippen molar-refractivity contribution in [2.24, 2.45) is 0 Å². The van der Waals surface area contributed by atoms with Gasteiger partial charge in [0, 0.05) is 53.8 Å². The number of nitrogens with zero attached hydrogens (tertiary/aromatic N) is 5. The normalized spacial score (nSPS) is 17.6. The third-order valence-electron chi connectivity index (χ3n) is 6.94. The van der Waals surface area contributed by atoms with Gasteiger partial charge >= 0.3 is 0 Å². The Hall–Kier alpha value is -3.70. The number of nitrogens with two attached hydrogens (primary N) is 2. The number of amides is 1. The lowest BCUT2D eigenvalue weighted by Gasteiger charge is -2.39. The molecule has 38 heavy (non-hydrogen) atoms. The number of nitrogen functional groups attached to an aromatic ring is 2. The molecule has 0 aliphatic carbocycles. The van der Waals surface area contributed by atoms with E-state index in [9.17, 15) is 9.59 Å². The number of aromatic nitrogens is 4. The monoisotopic (exact) mass is 556 g/mol. The lowest BCUT2D eigenvalue weighted by atomic mass is 9.86. The highest BCUT2D eigenvalue weighted by Crippen LogP contribution is 2.35. The van der Waals surface area contributed by atoms with Gasteiger partial charge in [-0.05, 0) is 49.9 Å². The Bertz CT molecular complexity index is 1400. The van der Waals surface area contributed by atoms with Crippen LogP contribution in [0.1, 0.15) is 48.5 Å². The molecular formula is C25H26Cl2N8O3. The summed E-state index contributed by atoms with van der Waals surface area (Å²) in [6, 6.07) is 7.15. The van der Waals surface area contributed by atoms with E-state index in [4.69, 9.17) is 39.2 Å². The highest BCUT2D eigenvalue weighted by molar-refractivity contribution is 6.32. The molecule has 0 unspecified atom stereocenters. The number of allylic oxidation sites excluding steroid dienone is 2. The van der Waals surface area contributed by atoms with Crippen LogP contribution in [0.5, 0.6) is 0 Å². The van der Waals surface area contributed by atoms with E-state index >= 15 is 0 Å². The molecule has 5 rings (SSSR count). The molecule has 11 nitrogen and oxygen atoms in total. The first-order chi connectivity index (χ1) is 18.2. The molecule has 0 radical (unpaired) electrons. The molecule has 1 amide bonds. The van der Waals surface area contributed by atoms with Gasteiger partial charge in [0.2, 0.25) is 23.4 Å². The predicted octanol–water partition coefficient (Wildman–Crippen LogP) is 3.44. The molecule has 198 valence electrons. The van der Waals surface area contributed by atoms with Crippen molar-refractivity contribution >= 4 is 46.5 Å². The summed E-state index contributed by atoms with van der Waals surface area (Å²) in [4.78, 5) is 39.6. The van der Waals surface area contributed by atoms with Crippen molar-refractivity contribution in [1.82, 2.24) is 30.3 Å². The van der Waals surface area contributed by atoms with E-state index in [0.717, 1.165) is 30.5 Å². The number of benzene rings is 1. The van der Waals surface area contributed by atoms with E-state index in [2.05, 4.69) is 25.4 Å². The van der Waals surface area contributed by atoms with Crippen LogP contribution in [0.25, 0.3) is 11.4 Å². The maximum Gasteiger partial charge on any atom is 0.227 e. The minimum Gasteiger partial charge on any atom is -0.383 e. The Kier molecular flexibility index (Phi) is 7.22. The van der Waals surface area contributed by atoms with Crippen LogP contribution >= 0.6 is 23.2 Å². The van der Waals surface area contributed by atoms with Gasteiger partial charge in [0.15, 0.2) is 22.5 Å². The standard InChI is InChI=1S/C25H26Cl2N8O3/c26-15-3-1-14(2-4-15)24-30-18(38-34-24)5-6-19(37)35-11-9-25(10-12-35)8-7-16(33-25)13-17(36)20-22(28)32-23(29)21(27)31-20/h1-4,13,33H,5-12H2,(H4,28,29,32)/b16-13+. The van der Waals surface area contributed by atoms with Crippen LogP contribution in [0.3, 0.4) is 0 Å². The number of piperidine rings is 1. The molecule has 2 aliphatic rings. The maximum atomic E-state index is 12.8. The van der Waals surface area contributed by atoms with E-state index < -0.39 is 0 Å². The molecule has 1 spiro atoms. The molecule has 0 atom stereocenters. The van der Waals surface area contributed by atoms with Crippen molar-refractivity contribution in [1.29, 1.82) is 0 Å². The van der Waals surface area contributed by atoms with Crippen molar-refractivity contribution in [3.8, 4) is 11.4 Å². The van der Waals surface area contributed by atoms with Gasteiger partial charge in [-0.25, -0.2) is 9.97 Å². The number of hydrogen-bond donors (Lipinski definition) is 3. The summed E-state index contributed by atoms with van der Waals surface area (Å²) in [5, 5.41) is 8.07. The molecule has 4 heterocycles. The summed E-state index contributed by atoms with van der Waals surface area (Å²) in [5.74, 6) is 0.463. The van der Waals surface area contributed by atoms with Crippen molar-refractivity contribution in [2.75, 3.05) is 24.6 Å². The topological polar surface area (TPSA) is 166 Å². The van der Waals surface area contributed by atoms with Crippen LogP contribution in [-0.4, -0.2) is 55.3 Å². The van der Waals surface area contributed by atoms with Crippen molar-refractivity contribution in [2.45, 2.75) is 44.1 Å². The zero-order valence-corrected chi connectivity index (χ0v) is 21.9. The van der Waals surface area contributed by atoms with Crippen LogP contribution in [0, 0.1) is 0 Å². The van der Waals surface area contributed by atoms with Gasteiger partial charge in [0.1, 0.15) is 0 Å². The van der Waals surface area contributed by atoms with Crippen LogP contribution in [0.2, 0.25) is 10.2 Å². The fraction of sp³-hybridized carbons (Fsp3) is 0.360. The third kappa shape index (κ3) is 5.58. The molecule has 1 aromatic carbocycles. The molecule has 2 aliphatic heterocycles. The summed E-state index contributed by atoms with van der Waals surface area (Å²) in [6.07, 6.45) is 5.28. The lowest BCUT2D eigenvalue weighted by Crippen LogP contribution is -2.51. The van der Waals surface area contributed by atoms with Crippen LogP contribution < -0.4 is 16.8 Å². The van der Waals surface area contributed by atoms with Gasteiger partial charge in [0.25, 0.3) is 0 Å². The molecule has 0 saturated carbocycles. The van der Waals surface area contributed by atoms with Crippen LogP contribution in [0.15, 0.2) is 40.6 Å². The smallest absolute Gasteiger partial charge is 0.227 e. The Morgan fingerprint density at radius 2 is 1.79 bits per heavy atom. The molecule has 2 saturated heterocycles. The summed E-state index contributed by atoms with van der Waals surface area (Å²) in [7, 11) is 0. The quantitative estimate of drug-likeness (QED) is 0.302. The van der Waals surface area contributed by atoms with Crippen molar-refractivity contribution in [3.63, 3.8) is 0 Å². The third-order valence-corrected chi connectivity index (χ3v) is 7.47. The summed E-state index contributed by atoms with van der Waals surface area (Å²) in [6.45, 7) is 1.25. The Labute approximate surface area is 228 Å². The molecule has 5 N–H and O–H groups in total.